The molecule has 0 saturated carbocycles. The molecule has 0 amide bonds. The van der Waals surface area contributed by atoms with Crippen LogP contribution in [0.5, 0.6) is 17.2 Å². The Morgan fingerprint density at radius 2 is 1.88 bits per heavy atom. The number of fused-ring (bicyclic) bond motifs is 1. The maximum absolute atomic E-state index is 5.87. The molecule has 0 spiro atoms. The zero-order valence-electron chi connectivity index (χ0n) is 15.1. The monoisotopic (exact) mass is 355 g/mol. The topological polar surface area (TPSA) is 40.2 Å². The van der Waals surface area contributed by atoms with Crippen LogP contribution in [-0.2, 0) is 17.8 Å². The predicted octanol–water partition coefficient (Wildman–Crippen LogP) is 3.61. The molecule has 1 unspecified atom stereocenters. The molecule has 0 N–H and O–H groups in total. The summed E-state index contributed by atoms with van der Waals surface area (Å²) < 4.78 is 22.2. The van der Waals surface area contributed by atoms with Crippen LogP contribution in [0.4, 0.5) is 0 Å². The van der Waals surface area contributed by atoms with E-state index in [2.05, 4.69) is 29.2 Å². The Hall–Kier alpha value is -2.24. The summed E-state index contributed by atoms with van der Waals surface area (Å²) in [4.78, 5) is 2.43. The number of hydrogen-bond acceptors (Lipinski definition) is 5. The van der Waals surface area contributed by atoms with Crippen molar-refractivity contribution in [2.24, 2.45) is 0 Å². The van der Waals surface area contributed by atoms with Gasteiger partial charge in [0.25, 0.3) is 0 Å². The summed E-state index contributed by atoms with van der Waals surface area (Å²) in [6.07, 6.45) is 2.60. The second kappa shape index (κ2) is 7.98. The molecule has 0 radical (unpaired) electrons. The van der Waals surface area contributed by atoms with Gasteiger partial charge in [-0.25, -0.2) is 0 Å². The zero-order chi connectivity index (χ0) is 17.8. The minimum atomic E-state index is 0.308. The van der Waals surface area contributed by atoms with E-state index in [0.717, 1.165) is 56.3 Å². The zero-order valence-corrected chi connectivity index (χ0v) is 15.1. The SMILES string of the molecule is COc1cccc(CN(Cc2ccc3c(c2)OCO3)CC2CCCO2)c1. The first-order valence-corrected chi connectivity index (χ1v) is 9.15. The number of ether oxygens (including phenoxy) is 4. The fourth-order valence-corrected chi connectivity index (χ4v) is 3.59. The van der Waals surface area contributed by atoms with Gasteiger partial charge in [0.1, 0.15) is 5.75 Å². The molecule has 2 aliphatic rings. The van der Waals surface area contributed by atoms with Crippen molar-refractivity contribution in [3.63, 3.8) is 0 Å². The van der Waals surface area contributed by atoms with Crippen molar-refractivity contribution in [3.8, 4) is 17.2 Å². The van der Waals surface area contributed by atoms with Gasteiger partial charge in [-0.15, -0.1) is 0 Å². The van der Waals surface area contributed by atoms with Gasteiger partial charge >= 0.3 is 0 Å². The van der Waals surface area contributed by atoms with Gasteiger partial charge in [-0.1, -0.05) is 18.2 Å². The van der Waals surface area contributed by atoms with E-state index in [0.29, 0.717) is 12.9 Å². The Labute approximate surface area is 154 Å². The highest BCUT2D eigenvalue weighted by Gasteiger charge is 2.21. The average Bonchev–Trinajstić information content (AvgIpc) is 3.33. The number of methoxy groups -OCH3 is 1. The Balaban J connectivity index is 1.49. The van der Waals surface area contributed by atoms with Gasteiger partial charge in [-0.05, 0) is 48.2 Å². The van der Waals surface area contributed by atoms with E-state index in [1.54, 1.807) is 7.11 Å². The summed E-state index contributed by atoms with van der Waals surface area (Å²) in [6.45, 7) is 3.80. The van der Waals surface area contributed by atoms with Crippen LogP contribution in [0.15, 0.2) is 42.5 Å². The van der Waals surface area contributed by atoms with Crippen molar-refractivity contribution in [1.29, 1.82) is 0 Å². The van der Waals surface area contributed by atoms with Crippen LogP contribution in [0.25, 0.3) is 0 Å². The summed E-state index contributed by atoms with van der Waals surface area (Å²) >= 11 is 0. The number of rotatable bonds is 7. The Morgan fingerprint density at radius 1 is 1.04 bits per heavy atom. The largest absolute Gasteiger partial charge is 0.497 e. The first-order chi connectivity index (χ1) is 12.8. The van der Waals surface area contributed by atoms with Crippen LogP contribution in [0.2, 0.25) is 0 Å². The Kier molecular flexibility index (Phi) is 5.27. The molecule has 0 bridgehead atoms. The minimum absolute atomic E-state index is 0.308. The van der Waals surface area contributed by atoms with Gasteiger partial charge in [0.2, 0.25) is 6.79 Å². The standard InChI is InChI=1S/C21H25NO4/c1-23-18-5-2-4-16(10-18)12-22(14-19-6-3-9-24-19)13-17-7-8-20-21(11-17)26-15-25-20/h2,4-5,7-8,10-11,19H,3,6,9,12-15H2,1H3. The molecule has 1 fully saturated rings. The summed E-state index contributed by atoms with van der Waals surface area (Å²) in [5.41, 5.74) is 2.46. The van der Waals surface area contributed by atoms with Crippen LogP contribution in [0, 0.1) is 0 Å². The molecule has 2 aliphatic heterocycles. The molecule has 5 nitrogen and oxygen atoms in total. The summed E-state index contributed by atoms with van der Waals surface area (Å²) in [5.74, 6) is 2.55. The molecule has 26 heavy (non-hydrogen) atoms. The van der Waals surface area contributed by atoms with Gasteiger partial charge in [0.15, 0.2) is 11.5 Å². The van der Waals surface area contributed by atoms with Gasteiger partial charge < -0.3 is 18.9 Å². The summed E-state index contributed by atoms with van der Waals surface area (Å²) in [7, 11) is 1.70. The van der Waals surface area contributed by atoms with Gasteiger partial charge in [0, 0.05) is 26.2 Å². The van der Waals surface area contributed by atoms with Crippen LogP contribution >= 0.6 is 0 Å². The highest BCUT2D eigenvalue weighted by Crippen LogP contribution is 2.33. The average molecular weight is 355 g/mol. The van der Waals surface area contributed by atoms with E-state index in [9.17, 15) is 0 Å². The highest BCUT2D eigenvalue weighted by molar-refractivity contribution is 5.44. The third-order valence-corrected chi connectivity index (χ3v) is 4.87. The fourth-order valence-electron chi connectivity index (χ4n) is 3.59. The normalized spacial score (nSPS) is 18.5. The number of hydrogen-bond donors (Lipinski definition) is 0. The third-order valence-electron chi connectivity index (χ3n) is 4.87. The molecule has 2 aromatic rings. The lowest BCUT2D eigenvalue weighted by atomic mass is 10.1. The molecule has 138 valence electrons. The van der Waals surface area contributed by atoms with Crippen LogP contribution in [0.3, 0.4) is 0 Å². The van der Waals surface area contributed by atoms with Gasteiger partial charge in [0.05, 0.1) is 13.2 Å². The maximum Gasteiger partial charge on any atom is 0.231 e. The smallest absolute Gasteiger partial charge is 0.231 e. The van der Waals surface area contributed by atoms with Crippen molar-refractivity contribution in [2.75, 3.05) is 27.1 Å². The first-order valence-electron chi connectivity index (χ1n) is 9.15. The van der Waals surface area contributed by atoms with Gasteiger partial charge in [-0.3, -0.25) is 4.90 Å². The predicted molar refractivity (Wildman–Crippen MR) is 98.6 cm³/mol. The number of benzene rings is 2. The second-order valence-corrected chi connectivity index (χ2v) is 6.84. The van der Waals surface area contributed by atoms with E-state index in [4.69, 9.17) is 18.9 Å². The van der Waals surface area contributed by atoms with Crippen molar-refractivity contribution in [3.05, 3.63) is 53.6 Å². The molecule has 1 atom stereocenters. The third kappa shape index (κ3) is 4.11. The van der Waals surface area contributed by atoms with E-state index in [1.165, 1.54) is 11.1 Å². The minimum Gasteiger partial charge on any atom is -0.497 e. The summed E-state index contributed by atoms with van der Waals surface area (Å²) in [5, 5.41) is 0. The quantitative estimate of drug-likeness (QED) is 0.759. The van der Waals surface area contributed by atoms with Crippen molar-refractivity contribution < 1.29 is 18.9 Å². The van der Waals surface area contributed by atoms with E-state index in [1.807, 2.05) is 18.2 Å². The van der Waals surface area contributed by atoms with Crippen molar-refractivity contribution in [2.45, 2.75) is 32.0 Å². The molecule has 2 heterocycles. The van der Waals surface area contributed by atoms with Crippen LogP contribution < -0.4 is 14.2 Å². The maximum atomic E-state index is 5.87. The lowest BCUT2D eigenvalue weighted by Gasteiger charge is -2.25. The van der Waals surface area contributed by atoms with E-state index in [-0.39, 0.29) is 0 Å². The molecule has 2 aromatic carbocycles. The molecule has 4 rings (SSSR count). The highest BCUT2D eigenvalue weighted by atomic mass is 16.7. The van der Waals surface area contributed by atoms with Crippen LogP contribution in [-0.4, -0.2) is 38.1 Å². The lowest BCUT2D eigenvalue weighted by Crippen LogP contribution is -2.31. The van der Waals surface area contributed by atoms with E-state index < -0.39 is 0 Å². The molecule has 1 saturated heterocycles. The van der Waals surface area contributed by atoms with Crippen molar-refractivity contribution in [1.82, 2.24) is 4.90 Å². The van der Waals surface area contributed by atoms with Gasteiger partial charge in [-0.2, -0.15) is 0 Å². The molecular weight excluding hydrogens is 330 g/mol. The first kappa shape index (κ1) is 17.2. The Bertz CT molecular complexity index is 743. The molecule has 5 heteroatoms. The van der Waals surface area contributed by atoms with E-state index >= 15 is 0 Å². The Morgan fingerprint density at radius 3 is 2.69 bits per heavy atom. The molecule has 0 aromatic heterocycles. The second-order valence-electron chi connectivity index (χ2n) is 6.84. The van der Waals surface area contributed by atoms with Crippen LogP contribution in [0.1, 0.15) is 24.0 Å². The lowest BCUT2D eigenvalue weighted by molar-refractivity contribution is 0.0679. The molecule has 0 aliphatic carbocycles. The molecular formula is C21H25NO4. The summed E-state index contributed by atoms with van der Waals surface area (Å²) in [6, 6.07) is 14.4. The van der Waals surface area contributed by atoms with Crippen molar-refractivity contribution >= 4 is 0 Å². The number of nitrogens with zero attached hydrogens (tertiary/aromatic N) is 1. The fraction of sp³-hybridized carbons (Fsp3) is 0.429.